The van der Waals surface area contributed by atoms with Crippen molar-refractivity contribution >= 4 is 11.7 Å². The number of carbonyl (C=O) groups excluding carboxylic acids is 2. The summed E-state index contributed by atoms with van der Waals surface area (Å²) in [5.74, 6) is 1.70. The van der Waals surface area contributed by atoms with Gasteiger partial charge in [-0.1, -0.05) is 73.6 Å². The van der Waals surface area contributed by atoms with Gasteiger partial charge in [0.1, 0.15) is 0 Å². The summed E-state index contributed by atoms with van der Waals surface area (Å²) < 4.78 is 0. The minimum Gasteiger partial charge on any atom is -0.345 e. The molecule has 0 spiro atoms. The first-order valence-electron chi connectivity index (χ1n) is 9.36. The molecule has 3 heteroatoms. The molecule has 132 valence electrons. The Kier molecular flexibility index (Phi) is 5.27. The van der Waals surface area contributed by atoms with Gasteiger partial charge in [0.25, 0.3) is 0 Å². The number of ketones is 1. The van der Waals surface area contributed by atoms with Gasteiger partial charge < -0.3 is 5.32 Å². The monoisotopic (exact) mass is 321 g/mol. The zero-order chi connectivity index (χ0) is 17.4. The van der Waals surface area contributed by atoms with Crippen LogP contribution in [0.4, 0.5) is 0 Å². The largest absolute Gasteiger partial charge is 0.345 e. The third kappa shape index (κ3) is 4.58. The minimum absolute atomic E-state index is 0.109. The maximum Gasteiger partial charge on any atom is 0.224 e. The topological polar surface area (TPSA) is 46.2 Å². The SMILES string of the molecule is CC(C)(C)C(=O)[C@@H](NC(=O)[C@H]1C[C@@H]1C1CCCCC1)C(C)(C)C. The first-order valence-corrected chi connectivity index (χ1v) is 9.36. The van der Waals surface area contributed by atoms with Crippen LogP contribution in [-0.2, 0) is 9.59 Å². The van der Waals surface area contributed by atoms with E-state index in [4.69, 9.17) is 0 Å². The number of hydrogen-bond acceptors (Lipinski definition) is 2. The van der Waals surface area contributed by atoms with Crippen LogP contribution >= 0.6 is 0 Å². The second-order valence-corrected chi connectivity index (χ2v) is 9.83. The van der Waals surface area contributed by atoms with Gasteiger partial charge in [0.15, 0.2) is 5.78 Å². The van der Waals surface area contributed by atoms with E-state index in [0.717, 1.165) is 12.3 Å². The van der Waals surface area contributed by atoms with Gasteiger partial charge in [0, 0.05) is 11.3 Å². The fourth-order valence-corrected chi connectivity index (χ4v) is 3.96. The van der Waals surface area contributed by atoms with Crippen molar-refractivity contribution in [1.82, 2.24) is 5.32 Å². The first kappa shape index (κ1) is 18.5. The fourth-order valence-electron chi connectivity index (χ4n) is 3.96. The maximum absolute atomic E-state index is 12.8. The Morgan fingerprint density at radius 3 is 2.00 bits per heavy atom. The summed E-state index contributed by atoms with van der Waals surface area (Å²) in [5.41, 5.74) is -0.688. The zero-order valence-electron chi connectivity index (χ0n) is 15.9. The van der Waals surface area contributed by atoms with Crippen LogP contribution in [-0.4, -0.2) is 17.7 Å². The Morgan fingerprint density at radius 1 is 0.957 bits per heavy atom. The van der Waals surface area contributed by atoms with Crippen molar-refractivity contribution in [2.24, 2.45) is 28.6 Å². The highest BCUT2D eigenvalue weighted by molar-refractivity contribution is 5.94. The number of nitrogens with one attached hydrogen (secondary N) is 1. The molecule has 2 aliphatic rings. The molecule has 3 atom stereocenters. The van der Waals surface area contributed by atoms with Crippen molar-refractivity contribution in [2.45, 2.75) is 86.1 Å². The van der Waals surface area contributed by atoms with Crippen LogP contribution < -0.4 is 5.32 Å². The van der Waals surface area contributed by atoms with Crippen molar-refractivity contribution < 1.29 is 9.59 Å². The minimum atomic E-state index is -0.433. The van der Waals surface area contributed by atoms with Crippen molar-refractivity contribution in [2.75, 3.05) is 0 Å². The molecule has 2 fully saturated rings. The Labute approximate surface area is 142 Å². The number of carbonyl (C=O) groups is 2. The first-order chi connectivity index (χ1) is 10.5. The van der Waals surface area contributed by atoms with Crippen LogP contribution in [0.1, 0.15) is 80.1 Å². The molecule has 2 saturated carbocycles. The van der Waals surface area contributed by atoms with Gasteiger partial charge in [-0.15, -0.1) is 0 Å². The number of amides is 1. The zero-order valence-corrected chi connectivity index (χ0v) is 15.9. The molecule has 2 aliphatic carbocycles. The molecule has 2 rings (SSSR count). The molecule has 0 saturated heterocycles. The average Bonchev–Trinajstić information content (AvgIpc) is 3.23. The van der Waals surface area contributed by atoms with Gasteiger partial charge in [0.2, 0.25) is 5.91 Å². The smallest absolute Gasteiger partial charge is 0.224 e. The van der Waals surface area contributed by atoms with Gasteiger partial charge in [-0.05, 0) is 23.7 Å². The molecule has 1 N–H and O–H groups in total. The van der Waals surface area contributed by atoms with Crippen molar-refractivity contribution in [3.05, 3.63) is 0 Å². The van der Waals surface area contributed by atoms with Crippen LogP contribution in [0, 0.1) is 28.6 Å². The standard InChI is InChI=1S/C20H35NO2/c1-19(2,3)16(17(22)20(4,5)6)21-18(23)15-12-14(15)13-10-8-7-9-11-13/h13-16H,7-12H2,1-6H3,(H,21,23)/t14-,15+,16-/m1/s1. The lowest BCUT2D eigenvalue weighted by atomic mass is 9.75. The summed E-state index contributed by atoms with van der Waals surface area (Å²) in [5, 5.41) is 3.11. The molecule has 0 unspecified atom stereocenters. The van der Waals surface area contributed by atoms with Gasteiger partial charge in [-0.2, -0.15) is 0 Å². The lowest BCUT2D eigenvalue weighted by Crippen LogP contribution is -2.53. The van der Waals surface area contributed by atoms with Crippen molar-refractivity contribution in [3.8, 4) is 0 Å². The summed E-state index contributed by atoms with van der Waals surface area (Å²) in [6, 6.07) is -0.400. The molecular weight excluding hydrogens is 286 g/mol. The summed E-state index contributed by atoms with van der Waals surface area (Å²) in [6.45, 7) is 11.9. The van der Waals surface area contributed by atoms with Crippen molar-refractivity contribution in [3.63, 3.8) is 0 Å². The molecule has 23 heavy (non-hydrogen) atoms. The van der Waals surface area contributed by atoms with E-state index in [0.29, 0.717) is 5.92 Å². The second kappa shape index (κ2) is 6.57. The number of Topliss-reactive ketones (excluding diaryl/α,β-unsaturated/α-hetero) is 1. The van der Waals surface area contributed by atoms with E-state index >= 15 is 0 Å². The number of hydrogen-bond donors (Lipinski definition) is 1. The third-order valence-corrected chi connectivity index (χ3v) is 5.59. The van der Waals surface area contributed by atoms with Crippen LogP contribution in [0.5, 0.6) is 0 Å². The van der Waals surface area contributed by atoms with E-state index in [-0.39, 0.29) is 23.0 Å². The van der Waals surface area contributed by atoms with E-state index in [2.05, 4.69) is 5.32 Å². The van der Waals surface area contributed by atoms with E-state index in [1.165, 1.54) is 32.1 Å². The lowest BCUT2D eigenvalue weighted by Gasteiger charge is -2.35. The Morgan fingerprint density at radius 2 is 1.52 bits per heavy atom. The summed E-state index contributed by atoms with van der Waals surface area (Å²) in [6.07, 6.45) is 7.60. The third-order valence-electron chi connectivity index (χ3n) is 5.59. The predicted molar refractivity (Wildman–Crippen MR) is 94.0 cm³/mol. The van der Waals surface area contributed by atoms with Crippen LogP contribution in [0.2, 0.25) is 0 Å². The van der Waals surface area contributed by atoms with Gasteiger partial charge in [0.05, 0.1) is 6.04 Å². The summed E-state index contributed by atoms with van der Waals surface area (Å²) in [7, 11) is 0. The summed E-state index contributed by atoms with van der Waals surface area (Å²) >= 11 is 0. The van der Waals surface area contributed by atoms with Crippen LogP contribution in [0.25, 0.3) is 0 Å². The fraction of sp³-hybridized carbons (Fsp3) is 0.900. The molecule has 0 aromatic rings. The highest BCUT2D eigenvalue weighted by Crippen LogP contribution is 2.49. The normalized spacial score (nSPS) is 27.4. The molecule has 3 nitrogen and oxygen atoms in total. The average molecular weight is 322 g/mol. The second-order valence-electron chi connectivity index (χ2n) is 9.83. The molecule has 0 aromatic carbocycles. The quantitative estimate of drug-likeness (QED) is 0.836. The Bertz CT molecular complexity index is 449. The van der Waals surface area contributed by atoms with E-state index < -0.39 is 11.5 Å². The van der Waals surface area contributed by atoms with Crippen LogP contribution in [0.3, 0.4) is 0 Å². The van der Waals surface area contributed by atoms with Gasteiger partial charge in [-0.25, -0.2) is 0 Å². The Balaban J connectivity index is 1.98. The maximum atomic E-state index is 12.8. The van der Waals surface area contributed by atoms with Gasteiger partial charge >= 0.3 is 0 Å². The molecular formula is C20H35NO2. The molecule has 1 amide bonds. The van der Waals surface area contributed by atoms with Crippen molar-refractivity contribution in [1.29, 1.82) is 0 Å². The van der Waals surface area contributed by atoms with Crippen LogP contribution in [0.15, 0.2) is 0 Å². The Hall–Kier alpha value is -0.860. The molecule has 0 bridgehead atoms. The van der Waals surface area contributed by atoms with E-state index in [1.54, 1.807) is 0 Å². The molecule has 0 aromatic heterocycles. The molecule has 0 aliphatic heterocycles. The van der Waals surface area contributed by atoms with E-state index in [9.17, 15) is 9.59 Å². The summed E-state index contributed by atoms with van der Waals surface area (Å²) in [4.78, 5) is 25.4. The predicted octanol–water partition coefficient (Wildman–Crippen LogP) is 4.35. The molecule has 0 radical (unpaired) electrons. The number of rotatable bonds is 4. The van der Waals surface area contributed by atoms with Gasteiger partial charge in [-0.3, -0.25) is 9.59 Å². The highest BCUT2D eigenvalue weighted by atomic mass is 16.2. The molecule has 0 heterocycles. The van der Waals surface area contributed by atoms with E-state index in [1.807, 2.05) is 41.5 Å². The lowest BCUT2D eigenvalue weighted by molar-refractivity contribution is -0.135. The highest BCUT2D eigenvalue weighted by Gasteiger charge is 2.49.